The number of benzene rings is 3. The summed E-state index contributed by atoms with van der Waals surface area (Å²) in [5.74, 6) is 0.925. The predicted molar refractivity (Wildman–Crippen MR) is 129 cm³/mol. The van der Waals surface area contributed by atoms with Gasteiger partial charge in [-0.15, -0.1) is 0 Å². The normalized spacial score (nSPS) is 11.6. The van der Waals surface area contributed by atoms with Crippen LogP contribution in [0.4, 0.5) is 11.5 Å². The first-order valence-electron chi connectivity index (χ1n) is 10.6. The Hall–Kier alpha value is -3.99. The largest absolute Gasteiger partial charge is 0.345 e. The van der Waals surface area contributed by atoms with E-state index in [1.807, 2.05) is 111 Å². The zero-order valence-corrected chi connectivity index (χ0v) is 18.5. The van der Waals surface area contributed by atoms with E-state index in [1.54, 1.807) is 6.20 Å². The van der Waals surface area contributed by atoms with Gasteiger partial charge < -0.3 is 10.2 Å². The number of carbonyl (C=O) groups is 1. The van der Waals surface area contributed by atoms with Crippen LogP contribution >= 0.6 is 0 Å². The van der Waals surface area contributed by atoms with Crippen molar-refractivity contribution in [3.05, 3.63) is 108 Å². The van der Waals surface area contributed by atoms with Crippen LogP contribution in [0.25, 0.3) is 11.4 Å². The summed E-state index contributed by atoms with van der Waals surface area (Å²) < 4.78 is 0. The SMILES string of the molecule is Cc1cccc(-c2ncc(C(=O)N[C@H](C)c3ccccc3)c(N(C)c3ccccc3)n2)c1. The molecule has 0 unspecified atom stereocenters. The minimum atomic E-state index is -0.213. The first-order chi connectivity index (χ1) is 15.5. The monoisotopic (exact) mass is 422 g/mol. The third kappa shape index (κ3) is 4.67. The molecule has 1 atom stereocenters. The average Bonchev–Trinajstić information content (AvgIpc) is 2.84. The molecule has 0 saturated heterocycles. The number of aryl methyl sites for hydroxylation is 1. The lowest BCUT2D eigenvalue weighted by atomic mass is 10.1. The van der Waals surface area contributed by atoms with Crippen molar-refractivity contribution in [1.82, 2.24) is 15.3 Å². The molecule has 4 rings (SSSR count). The molecule has 5 nitrogen and oxygen atoms in total. The zero-order valence-electron chi connectivity index (χ0n) is 18.5. The van der Waals surface area contributed by atoms with Crippen molar-refractivity contribution in [2.24, 2.45) is 0 Å². The fourth-order valence-electron chi connectivity index (χ4n) is 3.59. The number of carbonyl (C=O) groups excluding carboxylic acids is 1. The lowest BCUT2D eigenvalue weighted by Gasteiger charge is -2.22. The van der Waals surface area contributed by atoms with Crippen molar-refractivity contribution < 1.29 is 4.79 Å². The maximum atomic E-state index is 13.3. The second kappa shape index (κ2) is 9.43. The molecular formula is C27H26N4O. The van der Waals surface area contributed by atoms with Crippen LogP contribution in [0.2, 0.25) is 0 Å². The number of amides is 1. The Balaban J connectivity index is 1.73. The van der Waals surface area contributed by atoms with Gasteiger partial charge in [-0.2, -0.15) is 0 Å². The molecule has 160 valence electrons. The van der Waals surface area contributed by atoms with Crippen LogP contribution in [0.1, 0.15) is 34.5 Å². The van der Waals surface area contributed by atoms with E-state index in [0.717, 1.165) is 22.4 Å². The highest BCUT2D eigenvalue weighted by Gasteiger charge is 2.21. The summed E-state index contributed by atoms with van der Waals surface area (Å²) in [6.45, 7) is 4.00. The summed E-state index contributed by atoms with van der Waals surface area (Å²) in [4.78, 5) is 24.5. The van der Waals surface area contributed by atoms with Crippen LogP contribution in [0.3, 0.4) is 0 Å². The summed E-state index contributed by atoms with van der Waals surface area (Å²) in [6, 6.07) is 27.7. The number of nitrogens with one attached hydrogen (secondary N) is 1. The molecule has 0 aliphatic heterocycles. The van der Waals surface area contributed by atoms with Crippen LogP contribution in [0, 0.1) is 6.92 Å². The number of para-hydroxylation sites is 1. The summed E-state index contributed by atoms with van der Waals surface area (Å²) in [5, 5.41) is 3.08. The van der Waals surface area contributed by atoms with Gasteiger partial charge in [0.15, 0.2) is 5.82 Å². The van der Waals surface area contributed by atoms with Crippen LogP contribution in [-0.2, 0) is 0 Å². The third-order valence-electron chi connectivity index (χ3n) is 5.40. The summed E-state index contributed by atoms with van der Waals surface area (Å²) in [6.07, 6.45) is 1.62. The van der Waals surface area contributed by atoms with Crippen molar-refractivity contribution in [3.8, 4) is 11.4 Å². The van der Waals surface area contributed by atoms with Gasteiger partial charge in [0.25, 0.3) is 5.91 Å². The number of anilines is 2. The van der Waals surface area contributed by atoms with Gasteiger partial charge in [-0.05, 0) is 37.6 Å². The van der Waals surface area contributed by atoms with Gasteiger partial charge in [0.05, 0.1) is 6.04 Å². The van der Waals surface area contributed by atoms with Crippen molar-refractivity contribution in [2.75, 3.05) is 11.9 Å². The maximum Gasteiger partial charge on any atom is 0.257 e. The fraction of sp³-hybridized carbons (Fsp3) is 0.148. The Bertz CT molecular complexity index is 1210. The number of hydrogen-bond acceptors (Lipinski definition) is 4. The number of aromatic nitrogens is 2. The average molecular weight is 423 g/mol. The highest BCUT2D eigenvalue weighted by Crippen LogP contribution is 2.28. The van der Waals surface area contributed by atoms with Crippen molar-refractivity contribution >= 4 is 17.4 Å². The molecule has 0 radical (unpaired) electrons. The molecule has 1 N–H and O–H groups in total. The van der Waals surface area contributed by atoms with Gasteiger partial charge >= 0.3 is 0 Å². The fourth-order valence-corrected chi connectivity index (χ4v) is 3.59. The van der Waals surface area contributed by atoms with Gasteiger partial charge in [0.1, 0.15) is 11.4 Å². The molecule has 32 heavy (non-hydrogen) atoms. The topological polar surface area (TPSA) is 58.1 Å². The zero-order chi connectivity index (χ0) is 22.5. The Morgan fingerprint density at radius 2 is 1.62 bits per heavy atom. The number of nitrogens with zero attached hydrogens (tertiary/aromatic N) is 3. The quantitative estimate of drug-likeness (QED) is 0.432. The highest BCUT2D eigenvalue weighted by molar-refractivity contribution is 5.99. The van der Waals surface area contributed by atoms with Gasteiger partial charge in [-0.25, -0.2) is 9.97 Å². The van der Waals surface area contributed by atoms with E-state index in [2.05, 4.69) is 10.3 Å². The molecule has 0 fully saturated rings. The highest BCUT2D eigenvalue weighted by atomic mass is 16.1. The minimum absolute atomic E-state index is 0.143. The second-order valence-corrected chi connectivity index (χ2v) is 7.80. The second-order valence-electron chi connectivity index (χ2n) is 7.80. The molecule has 0 aliphatic rings. The molecule has 0 saturated carbocycles. The van der Waals surface area contributed by atoms with E-state index in [0.29, 0.717) is 17.2 Å². The predicted octanol–water partition coefficient (Wildman–Crippen LogP) is 5.71. The van der Waals surface area contributed by atoms with Crippen LogP contribution < -0.4 is 10.2 Å². The molecule has 0 spiro atoms. The van der Waals surface area contributed by atoms with Crippen molar-refractivity contribution in [3.63, 3.8) is 0 Å². The molecule has 3 aromatic carbocycles. The Morgan fingerprint density at radius 3 is 2.31 bits per heavy atom. The number of hydrogen-bond donors (Lipinski definition) is 1. The smallest absolute Gasteiger partial charge is 0.257 e. The van der Waals surface area contributed by atoms with Crippen molar-refractivity contribution in [2.45, 2.75) is 19.9 Å². The van der Waals surface area contributed by atoms with Gasteiger partial charge in [0, 0.05) is 24.5 Å². The third-order valence-corrected chi connectivity index (χ3v) is 5.40. The molecular weight excluding hydrogens is 396 g/mol. The lowest BCUT2D eigenvalue weighted by Crippen LogP contribution is -2.29. The van der Waals surface area contributed by atoms with Crippen LogP contribution in [0.15, 0.2) is 91.1 Å². The number of rotatable bonds is 6. The molecule has 4 aromatic rings. The van der Waals surface area contributed by atoms with E-state index in [-0.39, 0.29) is 11.9 Å². The minimum Gasteiger partial charge on any atom is -0.345 e. The Morgan fingerprint density at radius 1 is 0.938 bits per heavy atom. The van der Waals surface area contributed by atoms with Crippen LogP contribution in [-0.4, -0.2) is 22.9 Å². The summed E-state index contributed by atoms with van der Waals surface area (Å²) in [5.41, 5.74) is 4.44. The molecule has 0 aliphatic carbocycles. The van der Waals surface area contributed by atoms with E-state index < -0.39 is 0 Å². The van der Waals surface area contributed by atoms with E-state index in [9.17, 15) is 4.79 Å². The summed E-state index contributed by atoms with van der Waals surface area (Å²) in [7, 11) is 1.91. The Kier molecular flexibility index (Phi) is 6.26. The van der Waals surface area contributed by atoms with Crippen molar-refractivity contribution in [1.29, 1.82) is 0 Å². The molecule has 1 amide bonds. The molecule has 1 aromatic heterocycles. The first kappa shape index (κ1) is 21.2. The maximum absolute atomic E-state index is 13.3. The van der Waals surface area contributed by atoms with Gasteiger partial charge in [-0.3, -0.25) is 4.79 Å². The first-order valence-corrected chi connectivity index (χ1v) is 10.6. The van der Waals surface area contributed by atoms with Gasteiger partial charge in [-0.1, -0.05) is 72.3 Å². The van der Waals surface area contributed by atoms with Gasteiger partial charge in [0.2, 0.25) is 0 Å². The summed E-state index contributed by atoms with van der Waals surface area (Å²) >= 11 is 0. The van der Waals surface area contributed by atoms with E-state index in [4.69, 9.17) is 4.98 Å². The Labute approximate surface area is 188 Å². The molecule has 0 bridgehead atoms. The lowest BCUT2D eigenvalue weighted by molar-refractivity contribution is 0.0940. The van der Waals surface area contributed by atoms with E-state index in [1.165, 1.54) is 0 Å². The molecule has 5 heteroatoms. The molecule has 1 heterocycles. The standard InChI is InChI=1S/C27H26N4O/c1-19-11-10-14-22(17-19)25-28-18-24(26(30-25)31(3)23-15-8-5-9-16-23)27(32)29-20(2)21-12-6-4-7-13-21/h4-18,20H,1-3H3,(H,29,32)/t20-/m1/s1. The van der Waals surface area contributed by atoms with Crippen LogP contribution in [0.5, 0.6) is 0 Å². The van der Waals surface area contributed by atoms with E-state index >= 15 is 0 Å².